The summed E-state index contributed by atoms with van der Waals surface area (Å²) in [6, 6.07) is 25.8. The number of nitrogens with zero attached hydrogens (tertiary/aromatic N) is 1. The van der Waals surface area contributed by atoms with E-state index in [0.29, 0.717) is 29.2 Å². The Morgan fingerprint density at radius 1 is 0.706 bits per heavy atom. The van der Waals surface area contributed by atoms with Crippen molar-refractivity contribution in [1.29, 1.82) is 0 Å². The van der Waals surface area contributed by atoms with Gasteiger partial charge in [-0.2, -0.15) is 18.2 Å². The maximum absolute atomic E-state index is 13.4. The Morgan fingerprint density at radius 2 is 1.32 bits per heavy atom. The number of rotatable bonds is 8. The molecule has 0 saturated carbocycles. The molecule has 4 aromatic rings. The third-order valence-electron chi connectivity index (χ3n) is 5.23. The highest BCUT2D eigenvalue weighted by Gasteiger charge is 2.31. The van der Waals surface area contributed by atoms with Crippen LogP contribution in [0.25, 0.3) is 11.1 Å². The van der Waals surface area contributed by atoms with Crippen molar-refractivity contribution in [2.45, 2.75) is 25.9 Å². The van der Waals surface area contributed by atoms with Crippen LogP contribution in [0.1, 0.15) is 22.3 Å². The van der Waals surface area contributed by atoms with Crippen molar-refractivity contribution in [2.24, 2.45) is 5.73 Å². The lowest BCUT2D eigenvalue weighted by atomic mass is 9.97. The van der Waals surface area contributed by atoms with E-state index >= 15 is 0 Å². The highest BCUT2D eigenvalue weighted by molar-refractivity contribution is 5.73. The van der Waals surface area contributed by atoms with Gasteiger partial charge in [0.2, 0.25) is 11.8 Å². The molecule has 0 unspecified atom stereocenters. The van der Waals surface area contributed by atoms with Crippen LogP contribution in [-0.4, -0.2) is 4.98 Å². The second kappa shape index (κ2) is 10.4. The van der Waals surface area contributed by atoms with E-state index in [-0.39, 0.29) is 19.0 Å². The molecule has 4 nitrogen and oxygen atoms in total. The van der Waals surface area contributed by atoms with E-state index in [9.17, 15) is 13.2 Å². The molecule has 34 heavy (non-hydrogen) atoms. The SMILES string of the molecule is NCc1ccc(C(F)(F)F)cc1-c1ccc(OCc2ccccc2)nc1OCc1ccccc1. The van der Waals surface area contributed by atoms with Gasteiger partial charge in [-0.05, 0) is 40.5 Å². The van der Waals surface area contributed by atoms with Crippen LogP contribution in [-0.2, 0) is 25.9 Å². The van der Waals surface area contributed by atoms with E-state index in [1.54, 1.807) is 12.1 Å². The summed E-state index contributed by atoms with van der Waals surface area (Å²) in [5.74, 6) is 0.473. The van der Waals surface area contributed by atoms with Crippen LogP contribution in [0.2, 0.25) is 0 Å². The van der Waals surface area contributed by atoms with Gasteiger partial charge in [0.15, 0.2) is 0 Å². The molecule has 174 valence electrons. The third kappa shape index (κ3) is 5.74. The Labute approximate surface area is 195 Å². The first-order chi connectivity index (χ1) is 16.4. The molecule has 0 aliphatic heterocycles. The highest BCUT2D eigenvalue weighted by Crippen LogP contribution is 2.38. The second-order valence-corrected chi connectivity index (χ2v) is 7.62. The number of halogens is 3. The van der Waals surface area contributed by atoms with Gasteiger partial charge >= 0.3 is 6.18 Å². The normalized spacial score (nSPS) is 11.3. The zero-order valence-electron chi connectivity index (χ0n) is 18.3. The van der Waals surface area contributed by atoms with Gasteiger partial charge in [-0.3, -0.25) is 0 Å². The fourth-order valence-corrected chi connectivity index (χ4v) is 3.46. The fraction of sp³-hybridized carbons (Fsp3) is 0.148. The smallest absolute Gasteiger partial charge is 0.416 e. The number of nitrogens with two attached hydrogens (primary N) is 1. The Morgan fingerprint density at radius 3 is 1.91 bits per heavy atom. The number of pyridine rings is 1. The number of alkyl halides is 3. The van der Waals surface area contributed by atoms with Crippen LogP contribution in [0.5, 0.6) is 11.8 Å². The number of aromatic nitrogens is 1. The minimum absolute atomic E-state index is 0.0673. The molecule has 0 aliphatic rings. The molecule has 1 heterocycles. The van der Waals surface area contributed by atoms with Gasteiger partial charge < -0.3 is 15.2 Å². The topological polar surface area (TPSA) is 57.4 Å². The average molecular weight is 464 g/mol. The fourth-order valence-electron chi connectivity index (χ4n) is 3.46. The summed E-state index contributed by atoms with van der Waals surface area (Å²) >= 11 is 0. The summed E-state index contributed by atoms with van der Waals surface area (Å²) in [6.07, 6.45) is -4.49. The molecular weight excluding hydrogens is 441 g/mol. The monoisotopic (exact) mass is 464 g/mol. The summed E-state index contributed by atoms with van der Waals surface area (Å²) in [5.41, 5.74) is 8.22. The van der Waals surface area contributed by atoms with E-state index in [2.05, 4.69) is 4.98 Å². The quantitative estimate of drug-likeness (QED) is 0.329. The van der Waals surface area contributed by atoms with Gasteiger partial charge in [-0.25, -0.2) is 0 Å². The predicted molar refractivity (Wildman–Crippen MR) is 124 cm³/mol. The summed E-state index contributed by atoms with van der Waals surface area (Å²) < 4.78 is 52.0. The molecule has 2 N–H and O–H groups in total. The first-order valence-corrected chi connectivity index (χ1v) is 10.7. The van der Waals surface area contributed by atoms with Crippen molar-refractivity contribution in [2.75, 3.05) is 0 Å². The maximum Gasteiger partial charge on any atom is 0.416 e. The van der Waals surface area contributed by atoms with Crippen molar-refractivity contribution in [3.8, 4) is 22.9 Å². The van der Waals surface area contributed by atoms with E-state index in [1.165, 1.54) is 6.07 Å². The van der Waals surface area contributed by atoms with Crippen molar-refractivity contribution in [3.05, 3.63) is 113 Å². The molecule has 4 rings (SSSR count). The molecule has 0 amide bonds. The Bertz CT molecular complexity index is 1230. The van der Waals surface area contributed by atoms with Crippen LogP contribution in [0.4, 0.5) is 13.2 Å². The summed E-state index contributed by atoms with van der Waals surface area (Å²) in [4.78, 5) is 4.48. The summed E-state index contributed by atoms with van der Waals surface area (Å²) in [6.45, 7) is 0.556. The van der Waals surface area contributed by atoms with Gasteiger partial charge in [-0.15, -0.1) is 0 Å². The van der Waals surface area contributed by atoms with Crippen LogP contribution in [0, 0.1) is 0 Å². The maximum atomic E-state index is 13.4. The standard InChI is InChI=1S/C27H23F3N2O2/c28-27(29,30)22-12-11-21(16-31)24(15-22)23-13-14-25(33-17-19-7-3-1-4-8-19)32-26(23)34-18-20-9-5-2-6-10-20/h1-15H,16-18,31H2. The lowest BCUT2D eigenvalue weighted by molar-refractivity contribution is -0.137. The first-order valence-electron chi connectivity index (χ1n) is 10.7. The van der Waals surface area contributed by atoms with Crippen molar-refractivity contribution in [1.82, 2.24) is 4.98 Å². The molecule has 3 aromatic carbocycles. The molecule has 0 spiro atoms. The van der Waals surface area contributed by atoms with E-state index in [1.807, 2.05) is 60.7 Å². The minimum atomic E-state index is -4.49. The zero-order valence-corrected chi connectivity index (χ0v) is 18.3. The van der Waals surface area contributed by atoms with Crippen LogP contribution in [0.15, 0.2) is 91.0 Å². The molecule has 7 heteroatoms. The van der Waals surface area contributed by atoms with Gasteiger partial charge in [0, 0.05) is 18.2 Å². The van der Waals surface area contributed by atoms with Crippen molar-refractivity contribution >= 4 is 0 Å². The van der Waals surface area contributed by atoms with E-state index in [0.717, 1.165) is 23.3 Å². The molecular formula is C27H23F3N2O2. The average Bonchev–Trinajstić information content (AvgIpc) is 2.86. The molecule has 0 saturated heterocycles. The zero-order chi connectivity index (χ0) is 24.0. The molecule has 0 bridgehead atoms. The molecule has 0 atom stereocenters. The van der Waals surface area contributed by atoms with Gasteiger partial charge in [0.1, 0.15) is 13.2 Å². The highest BCUT2D eigenvalue weighted by atomic mass is 19.4. The molecule has 1 aromatic heterocycles. The Hall–Kier alpha value is -3.84. The van der Waals surface area contributed by atoms with Crippen molar-refractivity contribution < 1.29 is 22.6 Å². The van der Waals surface area contributed by atoms with Gasteiger partial charge in [-0.1, -0.05) is 66.7 Å². The minimum Gasteiger partial charge on any atom is -0.473 e. The van der Waals surface area contributed by atoms with Gasteiger partial charge in [0.25, 0.3) is 0 Å². The summed E-state index contributed by atoms with van der Waals surface area (Å²) in [7, 11) is 0. The molecule has 0 aliphatic carbocycles. The molecule has 0 radical (unpaired) electrons. The van der Waals surface area contributed by atoms with Crippen LogP contribution < -0.4 is 15.2 Å². The number of hydrogen-bond donors (Lipinski definition) is 1. The lowest BCUT2D eigenvalue weighted by Gasteiger charge is -2.17. The number of benzene rings is 3. The lowest BCUT2D eigenvalue weighted by Crippen LogP contribution is -2.08. The first kappa shape index (κ1) is 23.3. The van der Waals surface area contributed by atoms with Gasteiger partial charge in [0.05, 0.1) is 5.56 Å². The molecule has 0 fully saturated rings. The second-order valence-electron chi connectivity index (χ2n) is 7.62. The van der Waals surface area contributed by atoms with Crippen molar-refractivity contribution in [3.63, 3.8) is 0 Å². The van der Waals surface area contributed by atoms with E-state index in [4.69, 9.17) is 15.2 Å². The number of hydrogen-bond acceptors (Lipinski definition) is 4. The predicted octanol–water partition coefficient (Wildman–Crippen LogP) is 6.38. The number of ether oxygens (including phenoxy) is 2. The largest absolute Gasteiger partial charge is 0.473 e. The van der Waals surface area contributed by atoms with Crippen LogP contribution >= 0.6 is 0 Å². The van der Waals surface area contributed by atoms with Crippen LogP contribution in [0.3, 0.4) is 0 Å². The third-order valence-corrected chi connectivity index (χ3v) is 5.23. The van der Waals surface area contributed by atoms with E-state index < -0.39 is 11.7 Å². The summed E-state index contributed by atoms with van der Waals surface area (Å²) in [5, 5.41) is 0. The Kier molecular flexibility index (Phi) is 7.13. The Balaban J connectivity index is 1.70.